The number of nitrogens with one attached hydrogen (secondary N) is 1. The van der Waals surface area contributed by atoms with E-state index in [0.717, 1.165) is 37.9 Å². The second-order valence-corrected chi connectivity index (χ2v) is 8.15. The van der Waals surface area contributed by atoms with Crippen molar-refractivity contribution in [2.75, 3.05) is 33.4 Å². The number of likely N-dealkylation sites (tertiary alicyclic amines) is 1. The number of nitrogens with zero attached hydrogens (tertiary/aromatic N) is 5. The van der Waals surface area contributed by atoms with Crippen molar-refractivity contribution in [3.63, 3.8) is 0 Å². The van der Waals surface area contributed by atoms with Gasteiger partial charge in [0, 0.05) is 32.0 Å². The standard InChI is InChI=1S/C22H32N6O.C2H6.CH3F/c1-17(7-12-29-21-14-20(15-23)26-16-27-21)13-18(2)19-5-10-28(11-6-19)22-24-8-3-4-9-25-22;2*1-2/h3-4,8,14,16-19,21H,5-7,9-13H2,1-2H3,(H,26,27);1-2H3;1H3. The third-order valence-corrected chi connectivity index (χ3v) is 5.92. The number of halogens is 1. The summed E-state index contributed by atoms with van der Waals surface area (Å²) in [4.78, 5) is 15.5. The molecule has 1 N–H and O–H groups in total. The van der Waals surface area contributed by atoms with Gasteiger partial charge in [0.25, 0.3) is 0 Å². The summed E-state index contributed by atoms with van der Waals surface area (Å²) in [5, 5.41) is 11.7. The van der Waals surface area contributed by atoms with Crippen LogP contribution in [-0.4, -0.2) is 63.1 Å². The lowest BCUT2D eigenvalue weighted by Crippen LogP contribution is -2.39. The van der Waals surface area contributed by atoms with Crippen molar-refractivity contribution in [3.8, 4) is 6.07 Å². The molecule has 1 saturated heterocycles. The topological polar surface area (TPSA) is 85.4 Å². The van der Waals surface area contributed by atoms with Crippen molar-refractivity contribution < 1.29 is 9.13 Å². The highest BCUT2D eigenvalue weighted by molar-refractivity contribution is 5.91. The van der Waals surface area contributed by atoms with Gasteiger partial charge in [-0.2, -0.15) is 5.26 Å². The molecule has 3 rings (SSSR count). The molecule has 0 spiro atoms. The first-order valence-electron chi connectivity index (χ1n) is 12.0. The fraction of sp³-hybridized carbons (Fsp3) is 0.680. The summed E-state index contributed by atoms with van der Waals surface area (Å²) in [6.45, 7) is 12.2. The van der Waals surface area contributed by atoms with Crippen molar-refractivity contribution in [3.05, 3.63) is 23.9 Å². The number of nitriles is 1. The van der Waals surface area contributed by atoms with E-state index in [1.165, 1.54) is 25.6 Å². The van der Waals surface area contributed by atoms with Gasteiger partial charge in [-0.05, 0) is 49.5 Å². The van der Waals surface area contributed by atoms with Crippen molar-refractivity contribution in [1.82, 2.24) is 10.2 Å². The van der Waals surface area contributed by atoms with Crippen LogP contribution in [0.25, 0.3) is 0 Å². The zero-order valence-corrected chi connectivity index (χ0v) is 20.9. The number of guanidine groups is 1. The average molecular weight is 461 g/mol. The molecule has 3 atom stereocenters. The molecule has 3 heterocycles. The Morgan fingerprint density at radius 3 is 2.70 bits per heavy atom. The van der Waals surface area contributed by atoms with Crippen molar-refractivity contribution in [2.45, 2.75) is 59.6 Å². The van der Waals surface area contributed by atoms with Gasteiger partial charge in [0.05, 0.1) is 20.1 Å². The zero-order chi connectivity index (χ0) is 24.5. The first-order chi connectivity index (χ1) is 16.2. The van der Waals surface area contributed by atoms with E-state index in [2.05, 4.69) is 45.1 Å². The molecule has 0 amide bonds. The molecule has 0 aromatic heterocycles. The summed E-state index contributed by atoms with van der Waals surface area (Å²) in [6.07, 6.45) is 13.4. The van der Waals surface area contributed by atoms with Crippen LogP contribution in [0.4, 0.5) is 4.39 Å². The SMILES string of the molecule is CC.CC(CCOC1C=C(C#N)NC=N1)CC(C)C1CCN(C2=NCC=CC=N2)CC1.CF. The molecule has 0 bridgehead atoms. The molecule has 7 nitrogen and oxygen atoms in total. The lowest BCUT2D eigenvalue weighted by molar-refractivity contribution is 0.0759. The first-order valence-corrected chi connectivity index (χ1v) is 12.0. The Bertz CT molecular complexity index is 732. The summed E-state index contributed by atoms with van der Waals surface area (Å²) in [5.74, 6) is 2.96. The molecule has 3 aliphatic heterocycles. The zero-order valence-electron chi connectivity index (χ0n) is 20.9. The number of rotatable bonds is 7. The first kappa shape index (κ1) is 28.5. The molecule has 1 fully saturated rings. The maximum Gasteiger partial charge on any atom is 0.220 e. The van der Waals surface area contributed by atoms with E-state index in [1.807, 2.05) is 32.2 Å². The minimum Gasteiger partial charge on any atom is -0.353 e. The van der Waals surface area contributed by atoms with Crippen LogP contribution >= 0.6 is 0 Å². The quantitative estimate of drug-likeness (QED) is 0.595. The Kier molecular flexibility index (Phi) is 14.7. The summed E-state index contributed by atoms with van der Waals surface area (Å²) < 4.78 is 15.3. The summed E-state index contributed by atoms with van der Waals surface area (Å²) in [7, 11) is 0.500. The number of allylic oxidation sites excluding steroid dienone is 2. The van der Waals surface area contributed by atoms with E-state index in [9.17, 15) is 4.39 Å². The van der Waals surface area contributed by atoms with Gasteiger partial charge in [0.2, 0.25) is 5.96 Å². The van der Waals surface area contributed by atoms with E-state index in [0.29, 0.717) is 31.3 Å². The smallest absolute Gasteiger partial charge is 0.220 e. The van der Waals surface area contributed by atoms with Crippen LogP contribution in [0, 0.1) is 29.1 Å². The van der Waals surface area contributed by atoms with Crippen molar-refractivity contribution in [1.29, 1.82) is 5.26 Å². The Hall–Kier alpha value is -2.53. The number of alkyl halides is 1. The summed E-state index contributed by atoms with van der Waals surface area (Å²) >= 11 is 0. The number of ether oxygens (including phenoxy) is 1. The fourth-order valence-corrected chi connectivity index (χ4v) is 4.17. The van der Waals surface area contributed by atoms with E-state index in [4.69, 9.17) is 10.00 Å². The van der Waals surface area contributed by atoms with E-state index < -0.39 is 0 Å². The van der Waals surface area contributed by atoms with Crippen LogP contribution in [0.3, 0.4) is 0 Å². The molecule has 3 aliphatic rings. The lowest BCUT2D eigenvalue weighted by Gasteiger charge is -2.36. The maximum atomic E-state index is 9.50. The summed E-state index contributed by atoms with van der Waals surface area (Å²) in [5.41, 5.74) is 0.495. The van der Waals surface area contributed by atoms with Gasteiger partial charge in [0.1, 0.15) is 11.8 Å². The van der Waals surface area contributed by atoms with Crippen LogP contribution in [0.1, 0.15) is 53.4 Å². The van der Waals surface area contributed by atoms with Gasteiger partial charge in [-0.15, -0.1) is 0 Å². The van der Waals surface area contributed by atoms with E-state index in [-0.39, 0.29) is 6.23 Å². The van der Waals surface area contributed by atoms with Gasteiger partial charge in [-0.25, -0.2) is 15.0 Å². The Labute approximate surface area is 199 Å². The number of hydrogen-bond acceptors (Lipinski definition) is 7. The van der Waals surface area contributed by atoms with Crippen LogP contribution in [0.5, 0.6) is 0 Å². The lowest BCUT2D eigenvalue weighted by atomic mass is 9.80. The predicted octanol–water partition coefficient (Wildman–Crippen LogP) is 4.74. The molecule has 8 heteroatoms. The van der Waals surface area contributed by atoms with Crippen LogP contribution in [0.2, 0.25) is 0 Å². The highest BCUT2D eigenvalue weighted by Crippen LogP contribution is 2.30. The van der Waals surface area contributed by atoms with Gasteiger partial charge in [-0.1, -0.05) is 33.8 Å². The number of aliphatic imine (C=N–C) groups is 3. The number of hydrogen-bond donors (Lipinski definition) is 1. The number of piperidine rings is 1. The third kappa shape index (κ3) is 10.3. The Morgan fingerprint density at radius 1 is 1.27 bits per heavy atom. The van der Waals surface area contributed by atoms with Gasteiger partial charge < -0.3 is 15.0 Å². The van der Waals surface area contributed by atoms with Crippen molar-refractivity contribution >= 4 is 18.5 Å². The van der Waals surface area contributed by atoms with Gasteiger partial charge in [0.15, 0.2) is 6.23 Å². The normalized spacial score (nSPS) is 21.6. The monoisotopic (exact) mass is 460 g/mol. The van der Waals surface area contributed by atoms with Gasteiger partial charge >= 0.3 is 0 Å². The molecule has 0 aromatic rings. The molecule has 0 aromatic carbocycles. The molecule has 0 radical (unpaired) electrons. The molecule has 0 saturated carbocycles. The van der Waals surface area contributed by atoms with Gasteiger partial charge in [-0.3, -0.25) is 4.39 Å². The summed E-state index contributed by atoms with van der Waals surface area (Å²) in [6, 6.07) is 2.08. The maximum absolute atomic E-state index is 9.50. The van der Waals surface area contributed by atoms with Crippen LogP contribution in [0.15, 0.2) is 38.9 Å². The minimum atomic E-state index is -0.343. The molecule has 33 heavy (non-hydrogen) atoms. The molecule has 0 aliphatic carbocycles. The molecule has 3 unspecified atom stereocenters. The molecule has 184 valence electrons. The van der Waals surface area contributed by atoms with E-state index >= 15 is 0 Å². The van der Waals surface area contributed by atoms with Crippen LogP contribution in [-0.2, 0) is 4.74 Å². The Morgan fingerprint density at radius 2 is 2.00 bits per heavy atom. The third-order valence-electron chi connectivity index (χ3n) is 5.92. The minimum absolute atomic E-state index is 0.343. The van der Waals surface area contributed by atoms with Crippen molar-refractivity contribution in [2.24, 2.45) is 32.7 Å². The molecular weight excluding hydrogens is 419 g/mol. The average Bonchev–Trinajstić information content (AvgIpc) is 3.16. The predicted molar refractivity (Wildman–Crippen MR) is 135 cm³/mol. The highest BCUT2D eigenvalue weighted by atomic mass is 19.1. The van der Waals surface area contributed by atoms with E-state index in [1.54, 1.807) is 6.08 Å². The second-order valence-electron chi connectivity index (χ2n) is 8.15. The highest BCUT2D eigenvalue weighted by Gasteiger charge is 2.26. The Balaban J connectivity index is 0.00000129. The fourth-order valence-electron chi connectivity index (χ4n) is 4.17. The van der Waals surface area contributed by atoms with Crippen LogP contribution < -0.4 is 5.32 Å². The second kappa shape index (κ2) is 17.0. The largest absolute Gasteiger partial charge is 0.353 e. The molecular formula is C25H41FN6O.